The molecule has 3 rings (SSSR count). The average molecular weight is 302 g/mol. The van der Waals surface area contributed by atoms with Crippen molar-refractivity contribution in [2.24, 2.45) is 0 Å². The zero-order chi connectivity index (χ0) is 15.5. The summed E-state index contributed by atoms with van der Waals surface area (Å²) in [6, 6.07) is 6.65. The number of benzene rings is 1. The summed E-state index contributed by atoms with van der Waals surface area (Å²) >= 11 is 0. The van der Waals surface area contributed by atoms with Gasteiger partial charge in [0.25, 0.3) is 0 Å². The van der Waals surface area contributed by atoms with Gasteiger partial charge >= 0.3 is 0 Å². The van der Waals surface area contributed by atoms with Crippen LogP contribution in [0.25, 0.3) is 0 Å². The first-order chi connectivity index (χ1) is 10.6. The Bertz CT molecular complexity index is 613. The van der Waals surface area contributed by atoms with Gasteiger partial charge in [-0.15, -0.1) is 0 Å². The fourth-order valence-electron chi connectivity index (χ4n) is 2.46. The maximum atomic E-state index is 11.9. The van der Waals surface area contributed by atoms with Crippen LogP contribution in [0.15, 0.2) is 24.3 Å². The molecule has 1 aromatic carbocycles. The van der Waals surface area contributed by atoms with Gasteiger partial charge in [0.15, 0.2) is 0 Å². The van der Waals surface area contributed by atoms with Crippen molar-refractivity contribution in [3.63, 3.8) is 0 Å². The minimum Gasteiger partial charge on any atom is -0.374 e. The molecule has 116 valence electrons. The lowest BCUT2D eigenvalue weighted by Gasteiger charge is -2.26. The zero-order valence-corrected chi connectivity index (χ0v) is 12.0. The lowest BCUT2D eigenvalue weighted by molar-refractivity contribution is -0.133. The van der Waals surface area contributed by atoms with Crippen LogP contribution in [-0.2, 0) is 14.4 Å². The summed E-state index contributed by atoms with van der Waals surface area (Å²) in [7, 11) is 0. The van der Waals surface area contributed by atoms with Gasteiger partial charge in [-0.05, 0) is 37.6 Å². The Morgan fingerprint density at radius 2 is 1.95 bits per heavy atom. The first kappa shape index (κ1) is 14.5. The molecule has 1 aromatic rings. The topological polar surface area (TPSA) is 99.3 Å². The lowest BCUT2D eigenvalue weighted by atomic mass is 10.1. The molecule has 4 N–H and O–H groups in total. The van der Waals surface area contributed by atoms with Crippen molar-refractivity contribution < 1.29 is 14.4 Å². The summed E-state index contributed by atoms with van der Waals surface area (Å²) in [5.41, 5.74) is 1.41. The number of piperidine rings is 1. The van der Waals surface area contributed by atoms with Gasteiger partial charge in [0.2, 0.25) is 17.7 Å². The fraction of sp³-hybridized carbons (Fsp3) is 0.400. The second kappa shape index (κ2) is 6.15. The minimum absolute atomic E-state index is 0.0515. The van der Waals surface area contributed by atoms with Crippen molar-refractivity contribution in [2.75, 3.05) is 17.2 Å². The molecule has 3 amide bonds. The Hall–Kier alpha value is -2.41. The molecule has 0 radical (unpaired) electrons. The maximum absolute atomic E-state index is 11.9. The van der Waals surface area contributed by atoms with Gasteiger partial charge in [0.1, 0.15) is 6.04 Å². The van der Waals surface area contributed by atoms with E-state index in [9.17, 15) is 14.4 Å². The monoisotopic (exact) mass is 302 g/mol. The van der Waals surface area contributed by atoms with Crippen molar-refractivity contribution in [3.05, 3.63) is 24.3 Å². The number of nitrogens with one attached hydrogen (secondary N) is 4. The molecule has 2 aliphatic rings. The van der Waals surface area contributed by atoms with Crippen LogP contribution in [0.2, 0.25) is 0 Å². The molecule has 0 aliphatic carbocycles. The number of anilines is 2. The standard InChI is InChI=1S/C15H18N4O3/c20-13-5-4-12(15(22)19-13)17-9-2-1-3-10(8-9)18-14(21)11-6-7-16-11/h1-3,8,11-12,16-17H,4-7H2,(H,18,21)(H,19,20,22). The van der Waals surface area contributed by atoms with E-state index in [0.29, 0.717) is 18.5 Å². The SMILES string of the molecule is O=C1CCC(Nc2cccc(NC(=O)C3CCN3)c2)C(=O)N1. The Balaban J connectivity index is 1.62. The molecule has 2 fully saturated rings. The van der Waals surface area contributed by atoms with Gasteiger partial charge in [-0.3, -0.25) is 19.7 Å². The Kier molecular flexibility index (Phi) is 4.06. The summed E-state index contributed by atoms with van der Waals surface area (Å²) in [6.45, 7) is 0.870. The Morgan fingerprint density at radius 1 is 1.18 bits per heavy atom. The van der Waals surface area contributed by atoms with Gasteiger partial charge < -0.3 is 16.0 Å². The molecule has 22 heavy (non-hydrogen) atoms. The molecular formula is C15H18N4O3. The van der Waals surface area contributed by atoms with Crippen LogP contribution in [0.4, 0.5) is 11.4 Å². The Morgan fingerprint density at radius 3 is 2.64 bits per heavy atom. The van der Waals surface area contributed by atoms with E-state index in [2.05, 4.69) is 21.3 Å². The second-order valence-electron chi connectivity index (χ2n) is 5.51. The number of carbonyl (C=O) groups excluding carboxylic acids is 3. The molecule has 2 aliphatic heterocycles. The van der Waals surface area contributed by atoms with Crippen molar-refractivity contribution in [1.29, 1.82) is 0 Å². The van der Waals surface area contributed by atoms with E-state index in [4.69, 9.17) is 0 Å². The number of hydrogen-bond donors (Lipinski definition) is 4. The van der Waals surface area contributed by atoms with Crippen LogP contribution in [0, 0.1) is 0 Å². The van der Waals surface area contributed by atoms with E-state index < -0.39 is 6.04 Å². The van der Waals surface area contributed by atoms with E-state index in [1.807, 2.05) is 6.07 Å². The molecule has 0 spiro atoms. The normalized spacial score (nSPS) is 24.2. The van der Waals surface area contributed by atoms with Gasteiger partial charge in [-0.2, -0.15) is 0 Å². The first-order valence-corrected chi connectivity index (χ1v) is 7.36. The summed E-state index contributed by atoms with van der Waals surface area (Å²) in [4.78, 5) is 34.8. The van der Waals surface area contributed by atoms with E-state index in [-0.39, 0.29) is 23.8 Å². The summed E-state index contributed by atoms with van der Waals surface area (Å²) in [5, 5.41) is 11.3. The molecule has 0 aromatic heterocycles. The largest absolute Gasteiger partial charge is 0.374 e. The number of imide groups is 1. The average Bonchev–Trinajstić information content (AvgIpc) is 2.40. The van der Waals surface area contributed by atoms with Gasteiger partial charge in [0, 0.05) is 17.8 Å². The van der Waals surface area contributed by atoms with E-state index in [0.717, 1.165) is 18.7 Å². The lowest BCUT2D eigenvalue weighted by Crippen LogP contribution is -2.50. The van der Waals surface area contributed by atoms with Crippen molar-refractivity contribution in [3.8, 4) is 0 Å². The van der Waals surface area contributed by atoms with Crippen molar-refractivity contribution in [1.82, 2.24) is 10.6 Å². The molecule has 2 heterocycles. The smallest absolute Gasteiger partial charge is 0.249 e. The molecule has 2 saturated heterocycles. The van der Waals surface area contributed by atoms with Gasteiger partial charge in [-0.1, -0.05) is 6.07 Å². The highest BCUT2D eigenvalue weighted by atomic mass is 16.2. The van der Waals surface area contributed by atoms with Crippen LogP contribution < -0.4 is 21.3 Å². The third-order valence-corrected chi connectivity index (χ3v) is 3.85. The van der Waals surface area contributed by atoms with Gasteiger partial charge in [0.05, 0.1) is 6.04 Å². The second-order valence-corrected chi connectivity index (χ2v) is 5.51. The quantitative estimate of drug-likeness (QED) is 0.596. The van der Waals surface area contributed by atoms with Crippen LogP contribution in [0.5, 0.6) is 0 Å². The highest BCUT2D eigenvalue weighted by molar-refractivity contribution is 6.01. The third-order valence-electron chi connectivity index (χ3n) is 3.85. The van der Waals surface area contributed by atoms with Crippen LogP contribution in [0.3, 0.4) is 0 Å². The molecule has 0 bridgehead atoms. The molecule has 2 unspecified atom stereocenters. The van der Waals surface area contributed by atoms with Crippen molar-refractivity contribution >= 4 is 29.1 Å². The van der Waals surface area contributed by atoms with Crippen molar-refractivity contribution in [2.45, 2.75) is 31.3 Å². The van der Waals surface area contributed by atoms with E-state index >= 15 is 0 Å². The highest BCUT2D eigenvalue weighted by Crippen LogP contribution is 2.19. The Labute approximate surface area is 127 Å². The summed E-state index contributed by atoms with van der Waals surface area (Å²) in [5.74, 6) is -0.606. The fourth-order valence-corrected chi connectivity index (χ4v) is 2.46. The molecule has 7 nitrogen and oxygen atoms in total. The van der Waals surface area contributed by atoms with Gasteiger partial charge in [-0.25, -0.2) is 0 Å². The predicted octanol–water partition coefficient (Wildman–Crippen LogP) is 0.204. The molecule has 7 heteroatoms. The first-order valence-electron chi connectivity index (χ1n) is 7.36. The third kappa shape index (κ3) is 3.25. The molecular weight excluding hydrogens is 284 g/mol. The summed E-state index contributed by atoms with van der Waals surface area (Å²) < 4.78 is 0. The van der Waals surface area contributed by atoms with E-state index in [1.54, 1.807) is 18.2 Å². The van der Waals surface area contributed by atoms with Crippen LogP contribution in [0.1, 0.15) is 19.3 Å². The minimum atomic E-state index is -0.433. The van der Waals surface area contributed by atoms with Crippen LogP contribution in [-0.4, -0.2) is 36.3 Å². The number of amides is 3. The summed E-state index contributed by atoms with van der Waals surface area (Å²) in [6.07, 6.45) is 1.64. The zero-order valence-electron chi connectivity index (χ0n) is 12.0. The molecule has 2 atom stereocenters. The predicted molar refractivity (Wildman–Crippen MR) is 81.3 cm³/mol. The highest BCUT2D eigenvalue weighted by Gasteiger charge is 2.27. The van der Waals surface area contributed by atoms with Crippen LogP contribution >= 0.6 is 0 Å². The number of rotatable bonds is 4. The molecule has 0 saturated carbocycles. The number of hydrogen-bond acceptors (Lipinski definition) is 5. The maximum Gasteiger partial charge on any atom is 0.249 e. The van der Waals surface area contributed by atoms with E-state index in [1.165, 1.54) is 0 Å². The number of carbonyl (C=O) groups is 3.